The first-order valence-electron chi connectivity index (χ1n) is 5.59. The number of amides is 1. The Morgan fingerprint density at radius 1 is 1.56 bits per heavy atom. The predicted molar refractivity (Wildman–Crippen MR) is 68.6 cm³/mol. The maximum atomic E-state index is 11.8. The summed E-state index contributed by atoms with van der Waals surface area (Å²) in [6.45, 7) is 6.72. The van der Waals surface area contributed by atoms with E-state index in [4.69, 9.17) is 0 Å². The smallest absolute Gasteiger partial charge is 0.239 e. The monoisotopic (exact) mass is 240 g/mol. The minimum atomic E-state index is -0.139. The third kappa shape index (κ3) is 3.32. The van der Waals surface area contributed by atoms with Crippen molar-refractivity contribution in [1.82, 2.24) is 10.2 Å². The predicted octanol–water partition coefficient (Wildman–Crippen LogP) is 2.27. The summed E-state index contributed by atoms with van der Waals surface area (Å²) in [5, 5.41) is 7.48. The highest BCUT2D eigenvalue weighted by atomic mass is 32.1. The van der Waals surface area contributed by atoms with Gasteiger partial charge in [-0.25, -0.2) is 0 Å². The van der Waals surface area contributed by atoms with Crippen LogP contribution in [0.4, 0.5) is 0 Å². The van der Waals surface area contributed by atoms with Gasteiger partial charge >= 0.3 is 0 Å². The van der Waals surface area contributed by atoms with E-state index >= 15 is 0 Å². The lowest BCUT2D eigenvalue weighted by molar-refractivity contribution is -0.131. The number of thiophene rings is 1. The van der Waals surface area contributed by atoms with Crippen LogP contribution in [-0.4, -0.2) is 30.4 Å². The molecule has 90 valence electrons. The number of likely N-dealkylation sites (N-methyl/N-ethyl adjacent to an activating group) is 1. The van der Waals surface area contributed by atoms with Gasteiger partial charge in [0.05, 0.1) is 6.04 Å². The first kappa shape index (κ1) is 13.2. The molecule has 1 amide bonds. The maximum absolute atomic E-state index is 11.8. The largest absolute Gasteiger partial charge is 0.345 e. The number of carbonyl (C=O) groups excluding carboxylic acids is 1. The Morgan fingerprint density at radius 3 is 2.75 bits per heavy atom. The van der Waals surface area contributed by atoms with Gasteiger partial charge in [-0.05, 0) is 43.2 Å². The molecule has 1 heterocycles. The van der Waals surface area contributed by atoms with Crippen molar-refractivity contribution in [3.8, 4) is 0 Å². The van der Waals surface area contributed by atoms with Crippen LogP contribution in [0.1, 0.15) is 32.4 Å². The summed E-state index contributed by atoms with van der Waals surface area (Å²) >= 11 is 1.68. The summed E-state index contributed by atoms with van der Waals surface area (Å²) in [5.41, 5.74) is 1.24. The van der Waals surface area contributed by atoms with E-state index in [-0.39, 0.29) is 18.0 Å². The Balaban J connectivity index is 2.51. The summed E-state index contributed by atoms with van der Waals surface area (Å²) < 4.78 is 0. The summed E-state index contributed by atoms with van der Waals surface area (Å²) in [5.74, 6) is 0.143. The standard InChI is InChI=1S/C12H20N2OS/c1-5-14(4)12(15)10(3)13-9(2)11-6-7-16-8-11/h6-10,13H,5H2,1-4H3. The quantitative estimate of drug-likeness (QED) is 0.856. The van der Waals surface area contributed by atoms with E-state index in [1.165, 1.54) is 5.56 Å². The van der Waals surface area contributed by atoms with Crippen molar-refractivity contribution in [1.29, 1.82) is 0 Å². The zero-order valence-electron chi connectivity index (χ0n) is 10.4. The van der Waals surface area contributed by atoms with Gasteiger partial charge in [0.15, 0.2) is 0 Å². The lowest BCUT2D eigenvalue weighted by Crippen LogP contribution is -2.43. The van der Waals surface area contributed by atoms with Gasteiger partial charge < -0.3 is 4.90 Å². The third-order valence-electron chi connectivity index (χ3n) is 2.76. The van der Waals surface area contributed by atoms with Crippen LogP contribution in [0.25, 0.3) is 0 Å². The highest BCUT2D eigenvalue weighted by molar-refractivity contribution is 7.07. The van der Waals surface area contributed by atoms with Gasteiger partial charge in [0.1, 0.15) is 0 Å². The van der Waals surface area contributed by atoms with E-state index < -0.39 is 0 Å². The highest BCUT2D eigenvalue weighted by Gasteiger charge is 2.18. The van der Waals surface area contributed by atoms with Crippen LogP contribution in [0.15, 0.2) is 16.8 Å². The van der Waals surface area contributed by atoms with Crippen molar-refractivity contribution >= 4 is 17.2 Å². The summed E-state index contributed by atoms with van der Waals surface area (Å²) in [6, 6.07) is 2.17. The molecule has 2 atom stereocenters. The number of hydrogen-bond acceptors (Lipinski definition) is 3. The fraction of sp³-hybridized carbons (Fsp3) is 0.583. The zero-order valence-corrected chi connectivity index (χ0v) is 11.2. The molecule has 2 unspecified atom stereocenters. The maximum Gasteiger partial charge on any atom is 0.239 e. The van der Waals surface area contributed by atoms with Gasteiger partial charge in [-0.3, -0.25) is 10.1 Å². The molecule has 0 saturated carbocycles. The van der Waals surface area contributed by atoms with E-state index in [2.05, 4.69) is 29.1 Å². The number of carbonyl (C=O) groups is 1. The van der Waals surface area contributed by atoms with Crippen LogP contribution in [-0.2, 0) is 4.79 Å². The van der Waals surface area contributed by atoms with Gasteiger partial charge in [-0.2, -0.15) is 11.3 Å². The van der Waals surface area contributed by atoms with E-state index in [1.54, 1.807) is 16.2 Å². The molecular formula is C12H20N2OS. The molecule has 0 bridgehead atoms. The van der Waals surface area contributed by atoms with E-state index in [1.807, 2.05) is 20.9 Å². The molecule has 1 N–H and O–H groups in total. The Kier molecular flexibility index (Phi) is 4.96. The minimum absolute atomic E-state index is 0.139. The SMILES string of the molecule is CCN(C)C(=O)C(C)NC(C)c1ccsc1. The molecule has 0 aliphatic rings. The zero-order chi connectivity index (χ0) is 12.1. The van der Waals surface area contributed by atoms with Gasteiger partial charge in [-0.1, -0.05) is 0 Å². The molecule has 0 aliphatic carbocycles. The number of nitrogens with zero attached hydrogens (tertiary/aromatic N) is 1. The van der Waals surface area contributed by atoms with Crippen LogP contribution in [0.2, 0.25) is 0 Å². The molecule has 0 fully saturated rings. The topological polar surface area (TPSA) is 32.3 Å². The Morgan fingerprint density at radius 2 is 2.25 bits per heavy atom. The summed E-state index contributed by atoms with van der Waals surface area (Å²) in [4.78, 5) is 13.6. The second kappa shape index (κ2) is 6.01. The lowest BCUT2D eigenvalue weighted by atomic mass is 10.1. The van der Waals surface area contributed by atoms with Crippen molar-refractivity contribution < 1.29 is 4.79 Å². The van der Waals surface area contributed by atoms with Crippen molar-refractivity contribution in [3.63, 3.8) is 0 Å². The Hall–Kier alpha value is -0.870. The summed E-state index contributed by atoms with van der Waals surface area (Å²) in [6.07, 6.45) is 0. The van der Waals surface area contributed by atoms with Crippen LogP contribution >= 0.6 is 11.3 Å². The van der Waals surface area contributed by atoms with Gasteiger partial charge in [-0.15, -0.1) is 0 Å². The van der Waals surface area contributed by atoms with Crippen LogP contribution < -0.4 is 5.32 Å². The van der Waals surface area contributed by atoms with E-state index in [9.17, 15) is 4.79 Å². The Bertz CT molecular complexity index is 324. The van der Waals surface area contributed by atoms with E-state index in [0.29, 0.717) is 0 Å². The molecular weight excluding hydrogens is 220 g/mol. The second-order valence-electron chi connectivity index (χ2n) is 4.02. The fourth-order valence-corrected chi connectivity index (χ4v) is 2.30. The molecule has 0 saturated heterocycles. The summed E-state index contributed by atoms with van der Waals surface area (Å²) in [7, 11) is 1.83. The number of nitrogens with one attached hydrogen (secondary N) is 1. The van der Waals surface area contributed by atoms with Gasteiger partial charge in [0, 0.05) is 19.6 Å². The van der Waals surface area contributed by atoms with Crippen molar-refractivity contribution in [2.75, 3.05) is 13.6 Å². The average molecular weight is 240 g/mol. The normalized spacial score (nSPS) is 14.5. The van der Waals surface area contributed by atoms with Crippen LogP contribution in [0, 0.1) is 0 Å². The molecule has 4 heteroatoms. The van der Waals surface area contributed by atoms with Crippen molar-refractivity contribution in [2.45, 2.75) is 32.9 Å². The number of hydrogen-bond donors (Lipinski definition) is 1. The molecule has 3 nitrogen and oxygen atoms in total. The molecule has 0 spiro atoms. The van der Waals surface area contributed by atoms with Crippen molar-refractivity contribution in [2.24, 2.45) is 0 Å². The van der Waals surface area contributed by atoms with Crippen molar-refractivity contribution in [3.05, 3.63) is 22.4 Å². The molecule has 1 aromatic heterocycles. The molecule has 0 aromatic carbocycles. The third-order valence-corrected chi connectivity index (χ3v) is 3.47. The van der Waals surface area contributed by atoms with Crippen LogP contribution in [0.5, 0.6) is 0 Å². The number of rotatable bonds is 5. The minimum Gasteiger partial charge on any atom is -0.345 e. The second-order valence-corrected chi connectivity index (χ2v) is 4.80. The first-order valence-corrected chi connectivity index (χ1v) is 6.53. The molecule has 0 aliphatic heterocycles. The van der Waals surface area contributed by atoms with E-state index in [0.717, 1.165) is 6.54 Å². The lowest BCUT2D eigenvalue weighted by Gasteiger charge is -2.23. The van der Waals surface area contributed by atoms with Gasteiger partial charge in [0.2, 0.25) is 5.91 Å². The van der Waals surface area contributed by atoms with Crippen LogP contribution in [0.3, 0.4) is 0 Å². The first-order chi connectivity index (χ1) is 7.56. The fourth-order valence-electron chi connectivity index (χ4n) is 1.55. The van der Waals surface area contributed by atoms with Gasteiger partial charge in [0.25, 0.3) is 0 Å². The molecule has 1 aromatic rings. The molecule has 1 rings (SSSR count). The highest BCUT2D eigenvalue weighted by Crippen LogP contribution is 2.16. The molecule has 0 radical (unpaired) electrons. The molecule has 16 heavy (non-hydrogen) atoms. The average Bonchev–Trinajstić information content (AvgIpc) is 2.80. The Labute approximate surface area is 101 Å².